The van der Waals surface area contributed by atoms with Crippen LogP contribution >= 0.6 is 0 Å². The number of pyridine rings is 4. The highest BCUT2D eigenvalue weighted by molar-refractivity contribution is 6.00. The third-order valence-electron chi connectivity index (χ3n) is 11.1. The molecule has 0 spiro atoms. The maximum Gasteiger partial charge on any atom is 0.305 e. The number of unbranched alkanes of at least 4 members (excludes halogenated alkanes) is 1. The van der Waals surface area contributed by atoms with Gasteiger partial charge in [0.2, 0.25) is 0 Å². The number of hydrogen-bond acceptors (Lipinski definition) is 4. The molecule has 0 unspecified atom stereocenters. The number of carbonyl (C=O) groups is 1. The van der Waals surface area contributed by atoms with Gasteiger partial charge in [0.05, 0.1) is 29.4 Å². The van der Waals surface area contributed by atoms with Gasteiger partial charge in [-0.2, -0.15) is 0 Å². The molecule has 2 N–H and O–H groups in total. The number of hydrogen-bond donors (Lipinski definition) is 2. The van der Waals surface area contributed by atoms with Crippen LogP contribution in [0.4, 0.5) is 0 Å². The van der Waals surface area contributed by atoms with E-state index < -0.39 is 0 Å². The minimum absolute atomic E-state index is 0.140. The first kappa shape index (κ1) is 38.2. The number of fused-ring (bicyclic) bond motifs is 8. The normalized spacial score (nSPS) is 11.9. The van der Waals surface area contributed by atoms with Crippen LogP contribution in [0.25, 0.3) is 90.9 Å². The molecule has 2 aliphatic rings. The molecule has 9 rings (SSSR count). The highest BCUT2D eigenvalue weighted by atomic mass is 16.5. The molecular formula is C50H48N8O2+4. The molecule has 7 aromatic heterocycles. The van der Waals surface area contributed by atoms with E-state index in [2.05, 4.69) is 166 Å². The maximum absolute atomic E-state index is 11.9. The van der Waals surface area contributed by atoms with E-state index >= 15 is 0 Å². The van der Waals surface area contributed by atoms with Crippen LogP contribution in [0.15, 0.2) is 122 Å². The Morgan fingerprint density at radius 2 is 0.867 bits per heavy atom. The quantitative estimate of drug-likeness (QED) is 0.0839. The summed E-state index contributed by atoms with van der Waals surface area (Å²) in [5.74, 6) is -0.140. The average molecular weight is 793 g/mol. The molecule has 0 saturated heterocycles. The molecule has 0 aliphatic carbocycles. The fourth-order valence-corrected chi connectivity index (χ4v) is 7.99. The van der Waals surface area contributed by atoms with Crippen molar-refractivity contribution in [2.45, 2.75) is 32.7 Å². The molecule has 9 heterocycles. The van der Waals surface area contributed by atoms with E-state index in [1.807, 2.05) is 37.2 Å². The number of carbonyl (C=O) groups excluding carboxylic acids is 1. The molecule has 0 radical (unpaired) electrons. The van der Waals surface area contributed by atoms with Crippen LogP contribution in [0, 0.1) is 0 Å². The predicted octanol–water partition coefficient (Wildman–Crippen LogP) is 7.82. The molecule has 296 valence electrons. The average Bonchev–Trinajstić information content (AvgIpc) is 4.10. The molecule has 0 saturated carbocycles. The molecule has 10 heteroatoms. The largest absolute Gasteiger partial charge is 0.466 e. The molecule has 60 heavy (non-hydrogen) atoms. The zero-order valence-corrected chi connectivity index (χ0v) is 34.4. The summed E-state index contributed by atoms with van der Waals surface area (Å²) in [5, 5.41) is 0. The third-order valence-corrected chi connectivity index (χ3v) is 11.1. The number of rotatable bonds is 10. The summed E-state index contributed by atoms with van der Waals surface area (Å²) in [6.45, 7) is 3.05. The van der Waals surface area contributed by atoms with Gasteiger partial charge in [-0.05, 0) is 84.2 Å². The summed E-state index contributed by atoms with van der Waals surface area (Å²) >= 11 is 0. The topological polar surface area (TPSA) is 99.2 Å². The van der Waals surface area contributed by atoms with Crippen molar-refractivity contribution in [3.8, 4) is 44.5 Å². The second-order valence-corrected chi connectivity index (χ2v) is 15.3. The Hall–Kier alpha value is -7.33. The van der Waals surface area contributed by atoms with E-state index in [1.165, 1.54) is 0 Å². The minimum Gasteiger partial charge on any atom is -0.466 e. The van der Waals surface area contributed by atoms with Crippen molar-refractivity contribution < 1.29 is 27.8 Å². The van der Waals surface area contributed by atoms with Gasteiger partial charge in [0.15, 0.2) is 49.6 Å². The molecule has 0 fully saturated rings. The molecule has 0 aromatic carbocycles. The summed E-state index contributed by atoms with van der Waals surface area (Å²) in [4.78, 5) is 30.4. The molecule has 8 bridgehead atoms. The second kappa shape index (κ2) is 16.5. The van der Waals surface area contributed by atoms with Crippen LogP contribution in [-0.4, -0.2) is 32.5 Å². The minimum atomic E-state index is -0.140. The lowest BCUT2D eigenvalue weighted by molar-refractivity contribution is -0.697. The van der Waals surface area contributed by atoms with E-state index in [-0.39, 0.29) is 5.97 Å². The van der Waals surface area contributed by atoms with Crippen molar-refractivity contribution in [2.75, 3.05) is 6.61 Å². The Morgan fingerprint density at radius 3 is 1.30 bits per heavy atom. The molecule has 2 aliphatic heterocycles. The summed E-state index contributed by atoms with van der Waals surface area (Å²) < 4.78 is 13.4. The lowest BCUT2D eigenvalue weighted by Crippen LogP contribution is -2.32. The third kappa shape index (κ3) is 7.79. The second-order valence-electron chi connectivity index (χ2n) is 15.3. The molecule has 0 atom stereocenters. The first-order chi connectivity index (χ1) is 29.3. The fourth-order valence-electron chi connectivity index (χ4n) is 7.99. The van der Waals surface area contributed by atoms with Gasteiger partial charge in [-0.1, -0.05) is 0 Å². The molecule has 7 aromatic rings. The van der Waals surface area contributed by atoms with Gasteiger partial charge < -0.3 is 14.7 Å². The Kier molecular flexibility index (Phi) is 10.5. The van der Waals surface area contributed by atoms with Gasteiger partial charge in [-0.3, -0.25) is 4.79 Å². The maximum atomic E-state index is 11.9. The SMILES string of the molecule is CCOC(=O)CCCC[n+]1ccc(-c2c3nc(c(-c4cc[n+](C)cc4)c4ccc([nH]4)c(-c4cc[n+](C)cc4)c4ccc([nH]4)c(-c4cc[n+](C)cc4)c4nc2C=C4)C=C3)cc1. The van der Waals surface area contributed by atoms with E-state index in [0.717, 1.165) is 109 Å². The first-order valence-electron chi connectivity index (χ1n) is 20.5. The predicted molar refractivity (Wildman–Crippen MR) is 235 cm³/mol. The number of ether oxygens (including phenoxy) is 1. The van der Waals surface area contributed by atoms with Crippen LogP contribution in [-0.2, 0) is 37.2 Å². The van der Waals surface area contributed by atoms with Crippen molar-refractivity contribution >= 4 is 52.3 Å². The van der Waals surface area contributed by atoms with Crippen molar-refractivity contribution in [1.29, 1.82) is 0 Å². The number of H-pyrrole nitrogens is 2. The number of nitrogens with one attached hydrogen (secondary N) is 2. The fraction of sp³-hybridized carbons (Fsp3) is 0.180. The number of aromatic amines is 2. The van der Waals surface area contributed by atoms with E-state index in [1.54, 1.807) is 0 Å². The first-order valence-corrected chi connectivity index (χ1v) is 20.5. The number of nitrogens with zero attached hydrogens (tertiary/aromatic N) is 6. The molecular weight excluding hydrogens is 745 g/mol. The zero-order chi connectivity index (χ0) is 41.2. The van der Waals surface area contributed by atoms with Gasteiger partial charge in [0, 0.05) is 106 Å². The summed E-state index contributed by atoms with van der Waals surface area (Å²) in [6.07, 6.45) is 27.2. The van der Waals surface area contributed by atoms with Crippen LogP contribution in [0.1, 0.15) is 49.0 Å². The van der Waals surface area contributed by atoms with Crippen molar-refractivity contribution in [3.63, 3.8) is 0 Å². The lowest BCUT2D eigenvalue weighted by Gasteiger charge is -2.06. The van der Waals surface area contributed by atoms with Crippen LogP contribution in [0.3, 0.4) is 0 Å². The Balaban J connectivity index is 1.31. The van der Waals surface area contributed by atoms with Crippen molar-refractivity contribution in [1.82, 2.24) is 19.9 Å². The smallest absolute Gasteiger partial charge is 0.305 e. The monoisotopic (exact) mass is 792 g/mol. The lowest BCUT2D eigenvalue weighted by atomic mass is 10.0. The van der Waals surface area contributed by atoms with Gasteiger partial charge in [-0.25, -0.2) is 28.2 Å². The van der Waals surface area contributed by atoms with E-state index in [4.69, 9.17) is 14.7 Å². The summed E-state index contributed by atoms with van der Waals surface area (Å²) in [6, 6.07) is 25.8. The standard InChI is InChI=1S/C50H47N8O2/c1-5-60-46(59)8-6-7-25-58-32-23-37(24-33-58)50-44-15-13-42(53-44)48(35-19-28-56(3)29-20-35)40-11-9-38(51-40)47(34-17-26-55(2)27-18-34)39-10-12-41(52-39)49(43-14-16-45(50)54-43)36-21-30-57(4)31-22-36/h9-24,26-33H,5-8,25H2,1-4H3,(H,51,52,53,54)/q+3/p+1. The van der Waals surface area contributed by atoms with Crippen molar-refractivity contribution in [3.05, 3.63) is 145 Å². The number of aryl methyl sites for hydroxylation is 4. The summed E-state index contributed by atoms with van der Waals surface area (Å²) in [5.41, 5.74) is 15.5. The number of aromatic nitrogens is 8. The van der Waals surface area contributed by atoms with E-state index in [9.17, 15) is 4.79 Å². The Labute approximate surface area is 349 Å². The van der Waals surface area contributed by atoms with Crippen LogP contribution < -0.4 is 18.3 Å². The van der Waals surface area contributed by atoms with Crippen LogP contribution in [0.2, 0.25) is 0 Å². The molecule has 10 nitrogen and oxygen atoms in total. The Bertz CT molecular complexity index is 2820. The van der Waals surface area contributed by atoms with Gasteiger partial charge >= 0.3 is 5.97 Å². The zero-order valence-electron chi connectivity index (χ0n) is 34.4. The van der Waals surface area contributed by atoms with E-state index in [0.29, 0.717) is 13.0 Å². The van der Waals surface area contributed by atoms with Crippen molar-refractivity contribution in [2.24, 2.45) is 21.1 Å². The summed E-state index contributed by atoms with van der Waals surface area (Å²) in [7, 11) is 6.09. The highest BCUT2D eigenvalue weighted by Gasteiger charge is 2.21. The van der Waals surface area contributed by atoms with Gasteiger partial charge in [-0.15, -0.1) is 0 Å². The van der Waals surface area contributed by atoms with Gasteiger partial charge in [0.25, 0.3) is 0 Å². The number of esters is 1. The highest BCUT2D eigenvalue weighted by Crippen LogP contribution is 2.38. The van der Waals surface area contributed by atoms with Gasteiger partial charge in [0.1, 0.15) is 27.7 Å². The molecule has 0 amide bonds. The Morgan fingerprint density at radius 1 is 0.500 bits per heavy atom. The van der Waals surface area contributed by atoms with Crippen LogP contribution in [0.5, 0.6) is 0 Å².